The van der Waals surface area contributed by atoms with E-state index in [0.29, 0.717) is 44.7 Å². The van der Waals surface area contributed by atoms with Crippen molar-refractivity contribution in [1.82, 2.24) is 10.6 Å². The van der Waals surface area contributed by atoms with E-state index < -0.39 is 23.9 Å². The number of nitrogens with zero attached hydrogens (tertiary/aromatic N) is 1. The molecule has 0 saturated carbocycles. The molecule has 2 aromatic rings. The van der Waals surface area contributed by atoms with Crippen LogP contribution in [-0.4, -0.2) is 47.7 Å². The number of aliphatic hydroxyl groups is 1. The van der Waals surface area contributed by atoms with Gasteiger partial charge in [-0.15, -0.1) is 0 Å². The molecule has 0 spiro atoms. The van der Waals surface area contributed by atoms with Gasteiger partial charge >= 0.3 is 0 Å². The highest BCUT2D eigenvalue weighted by molar-refractivity contribution is 6.00. The summed E-state index contributed by atoms with van der Waals surface area (Å²) in [4.78, 5) is 27.5. The molecule has 2 atom stereocenters. The van der Waals surface area contributed by atoms with Crippen LogP contribution in [0.2, 0.25) is 0 Å². The number of carbonyl (C=O) groups excluding carboxylic acids is 2. The Morgan fingerprint density at radius 3 is 2.50 bits per heavy atom. The molecule has 3 rings (SSSR count). The maximum atomic E-state index is 15.8. The third-order valence-corrected chi connectivity index (χ3v) is 7.71. The second-order valence-electron chi connectivity index (χ2n) is 12.3. The number of rotatable bonds is 15. The molecule has 0 radical (unpaired) electrons. The lowest BCUT2D eigenvalue weighted by atomic mass is 9.93. The molecule has 1 heterocycles. The summed E-state index contributed by atoms with van der Waals surface area (Å²) in [6.07, 6.45) is 5.26. The predicted octanol–water partition coefficient (Wildman–Crippen LogP) is 5.80. The Bertz CT molecular complexity index is 1120. The second-order valence-corrected chi connectivity index (χ2v) is 12.3. The molecule has 1 aliphatic rings. The first-order valence-electron chi connectivity index (χ1n) is 14.9. The van der Waals surface area contributed by atoms with Crippen molar-refractivity contribution in [3.8, 4) is 0 Å². The number of amides is 2. The van der Waals surface area contributed by atoms with Gasteiger partial charge in [-0.1, -0.05) is 70.4 Å². The fourth-order valence-electron chi connectivity index (χ4n) is 5.33. The normalized spacial score (nSPS) is 15.5. The lowest BCUT2D eigenvalue weighted by Crippen LogP contribution is -2.52. The fourth-order valence-corrected chi connectivity index (χ4v) is 5.33. The van der Waals surface area contributed by atoms with E-state index in [9.17, 15) is 14.7 Å². The van der Waals surface area contributed by atoms with Crippen molar-refractivity contribution in [1.29, 1.82) is 0 Å². The predicted molar refractivity (Wildman–Crippen MR) is 160 cm³/mol. The zero-order chi connectivity index (χ0) is 29.3. The summed E-state index contributed by atoms with van der Waals surface area (Å²) in [6, 6.07) is 12.3. The number of aliphatic hydroxyl groups excluding tert-OH is 1. The van der Waals surface area contributed by atoms with Crippen LogP contribution in [0.15, 0.2) is 42.5 Å². The smallest absolute Gasteiger partial charge is 0.254 e. The number of hydrogen-bond acceptors (Lipinski definition) is 4. The minimum absolute atomic E-state index is 0.0899. The number of aryl methyl sites for hydroxylation is 1. The molecule has 1 aliphatic heterocycles. The Balaban J connectivity index is 1.82. The third kappa shape index (κ3) is 9.13. The van der Waals surface area contributed by atoms with Crippen molar-refractivity contribution in [3.05, 3.63) is 65.0 Å². The number of anilines is 1. The molecule has 1 saturated heterocycles. The molecule has 3 N–H and O–H groups in total. The fraction of sp³-hybridized carbons (Fsp3) is 0.576. The number of benzene rings is 2. The van der Waals surface area contributed by atoms with Gasteiger partial charge in [0, 0.05) is 25.0 Å². The zero-order valence-electron chi connectivity index (χ0n) is 24.9. The van der Waals surface area contributed by atoms with Gasteiger partial charge in [-0.25, -0.2) is 4.39 Å². The van der Waals surface area contributed by atoms with Gasteiger partial charge in [0.2, 0.25) is 5.91 Å². The summed E-state index contributed by atoms with van der Waals surface area (Å²) < 4.78 is 15.8. The summed E-state index contributed by atoms with van der Waals surface area (Å²) in [5, 5.41) is 17.7. The van der Waals surface area contributed by atoms with Crippen LogP contribution in [0.5, 0.6) is 0 Å². The summed E-state index contributed by atoms with van der Waals surface area (Å²) in [6.45, 7) is 11.4. The van der Waals surface area contributed by atoms with Crippen molar-refractivity contribution >= 4 is 17.5 Å². The standard InChI is InChI=1S/C33H48FN3O3/c1-6-12-25-19-26(31(34)28(21-25)37-18-11-16-30(37)39)32(40)36-27(20-24-14-8-7-9-15-24)29(38)22-35-33(4,5)17-10-13-23(2)3/h7-9,14-15,19,21,23,27,29,35,38H,6,10-13,16-18,20,22H2,1-5H3,(H,36,40). The van der Waals surface area contributed by atoms with Gasteiger partial charge in [0.15, 0.2) is 5.82 Å². The summed E-state index contributed by atoms with van der Waals surface area (Å²) >= 11 is 0. The molecule has 1 fully saturated rings. The molecular formula is C33H48FN3O3. The first-order valence-corrected chi connectivity index (χ1v) is 14.9. The van der Waals surface area contributed by atoms with Gasteiger partial charge in [-0.3, -0.25) is 9.59 Å². The molecule has 2 aromatic carbocycles. The number of carbonyl (C=O) groups is 2. The van der Waals surface area contributed by atoms with Crippen LogP contribution in [0, 0.1) is 11.7 Å². The highest BCUT2D eigenvalue weighted by Crippen LogP contribution is 2.29. The van der Waals surface area contributed by atoms with Gasteiger partial charge in [0.05, 0.1) is 23.4 Å². The molecule has 220 valence electrons. The van der Waals surface area contributed by atoms with Gasteiger partial charge in [-0.05, 0) is 68.7 Å². The summed E-state index contributed by atoms with van der Waals surface area (Å²) in [5.41, 5.74) is 1.69. The summed E-state index contributed by atoms with van der Waals surface area (Å²) in [5.74, 6) is -0.755. The van der Waals surface area contributed by atoms with Crippen LogP contribution in [0.4, 0.5) is 10.1 Å². The first-order chi connectivity index (χ1) is 19.0. The van der Waals surface area contributed by atoms with E-state index in [-0.39, 0.29) is 22.7 Å². The van der Waals surface area contributed by atoms with E-state index in [2.05, 4.69) is 38.3 Å². The first kappa shape index (κ1) is 31.8. The quantitative estimate of drug-likeness (QED) is 0.260. The monoisotopic (exact) mass is 553 g/mol. The summed E-state index contributed by atoms with van der Waals surface area (Å²) in [7, 11) is 0. The average molecular weight is 554 g/mol. The molecule has 40 heavy (non-hydrogen) atoms. The average Bonchev–Trinajstić information content (AvgIpc) is 3.33. The molecule has 7 heteroatoms. The van der Waals surface area contributed by atoms with Crippen molar-refractivity contribution in [2.24, 2.45) is 5.92 Å². The van der Waals surface area contributed by atoms with Crippen molar-refractivity contribution in [3.63, 3.8) is 0 Å². The number of nitrogens with one attached hydrogen (secondary N) is 2. The maximum absolute atomic E-state index is 15.8. The van der Waals surface area contributed by atoms with Crippen LogP contribution >= 0.6 is 0 Å². The van der Waals surface area contributed by atoms with Gasteiger partial charge in [0.25, 0.3) is 5.91 Å². The van der Waals surface area contributed by atoms with Crippen molar-refractivity contribution < 1.29 is 19.1 Å². The van der Waals surface area contributed by atoms with E-state index in [1.165, 1.54) is 4.90 Å². The highest BCUT2D eigenvalue weighted by atomic mass is 19.1. The molecular weight excluding hydrogens is 505 g/mol. The van der Waals surface area contributed by atoms with Crippen LogP contribution in [0.3, 0.4) is 0 Å². The Morgan fingerprint density at radius 2 is 1.88 bits per heavy atom. The van der Waals surface area contributed by atoms with E-state index >= 15 is 4.39 Å². The molecule has 0 aromatic heterocycles. The molecule has 2 amide bonds. The lowest BCUT2D eigenvalue weighted by molar-refractivity contribution is -0.117. The second kappa shape index (κ2) is 14.7. The third-order valence-electron chi connectivity index (χ3n) is 7.71. The van der Waals surface area contributed by atoms with Crippen LogP contribution in [0.25, 0.3) is 0 Å². The minimum Gasteiger partial charge on any atom is -0.390 e. The largest absolute Gasteiger partial charge is 0.390 e. The SMILES string of the molecule is CCCc1cc(C(=O)NC(Cc2ccccc2)C(O)CNC(C)(C)CCCC(C)C)c(F)c(N2CCCC2=O)c1. The number of halogens is 1. The number of β-amino-alcohol motifs (C(OH)–C–C–N with tert-alkyl or cyclic N) is 1. The van der Waals surface area contributed by atoms with E-state index in [1.54, 1.807) is 12.1 Å². The molecule has 0 aliphatic carbocycles. The topological polar surface area (TPSA) is 81.7 Å². The van der Waals surface area contributed by atoms with Crippen LogP contribution < -0.4 is 15.5 Å². The Kier molecular flexibility index (Phi) is 11.7. The van der Waals surface area contributed by atoms with Gasteiger partial charge in [0.1, 0.15) is 0 Å². The minimum atomic E-state index is -0.893. The van der Waals surface area contributed by atoms with E-state index in [4.69, 9.17) is 0 Å². The van der Waals surface area contributed by atoms with Gasteiger partial charge < -0.3 is 20.6 Å². The lowest BCUT2D eigenvalue weighted by Gasteiger charge is -2.31. The Hall–Kier alpha value is -2.77. The van der Waals surface area contributed by atoms with Crippen molar-refractivity contribution in [2.75, 3.05) is 18.0 Å². The van der Waals surface area contributed by atoms with Crippen LogP contribution in [0.1, 0.15) is 94.6 Å². The van der Waals surface area contributed by atoms with Crippen LogP contribution in [-0.2, 0) is 17.6 Å². The molecule has 6 nitrogen and oxygen atoms in total. The maximum Gasteiger partial charge on any atom is 0.254 e. The zero-order valence-corrected chi connectivity index (χ0v) is 24.9. The highest BCUT2D eigenvalue weighted by Gasteiger charge is 2.30. The van der Waals surface area contributed by atoms with Gasteiger partial charge in [-0.2, -0.15) is 0 Å². The van der Waals surface area contributed by atoms with E-state index in [1.807, 2.05) is 37.3 Å². The Labute approximate surface area is 239 Å². The Morgan fingerprint density at radius 1 is 1.15 bits per heavy atom. The number of hydrogen-bond donors (Lipinski definition) is 3. The van der Waals surface area contributed by atoms with Crippen molar-refractivity contribution in [2.45, 2.75) is 104 Å². The van der Waals surface area contributed by atoms with E-state index in [0.717, 1.165) is 36.8 Å². The molecule has 0 bridgehead atoms. The molecule has 2 unspecified atom stereocenters.